The number of nitrogens with two attached hydrogens (primary N) is 1. The van der Waals surface area contributed by atoms with Crippen LogP contribution >= 0.6 is 0 Å². The maximum atomic E-state index is 13.5. The van der Waals surface area contributed by atoms with Gasteiger partial charge in [0.1, 0.15) is 17.7 Å². The first-order valence-corrected chi connectivity index (χ1v) is 13.3. The molecule has 2 aliphatic rings. The van der Waals surface area contributed by atoms with Gasteiger partial charge in [-0.1, -0.05) is 12.1 Å². The third-order valence-corrected chi connectivity index (χ3v) is 8.41. The molecule has 0 atom stereocenters. The van der Waals surface area contributed by atoms with Gasteiger partial charge in [-0.3, -0.25) is 9.36 Å². The summed E-state index contributed by atoms with van der Waals surface area (Å²) in [6.07, 6.45) is 9.59. The van der Waals surface area contributed by atoms with Crippen LogP contribution in [0.2, 0.25) is 0 Å². The molecule has 6 rings (SSSR count). The van der Waals surface area contributed by atoms with E-state index < -0.39 is 9.84 Å². The molecular formula is C24H26N6O3S. The number of aryl methyl sites for hydroxylation is 1. The van der Waals surface area contributed by atoms with Crippen molar-refractivity contribution >= 4 is 20.7 Å². The molecule has 4 aromatic rings. The van der Waals surface area contributed by atoms with Gasteiger partial charge >= 0.3 is 0 Å². The fourth-order valence-corrected chi connectivity index (χ4v) is 6.35. The number of aromatic amines is 1. The minimum absolute atomic E-state index is 0.0780. The summed E-state index contributed by atoms with van der Waals surface area (Å²) in [6.45, 7) is 0. The van der Waals surface area contributed by atoms with Gasteiger partial charge in [0.15, 0.2) is 9.84 Å². The van der Waals surface area contributed by atoms with Gasteiger partial charge in [0, 0.05) is 42.8 Å². The molecule has 0 radical (unpaired) electrons. The van der Waals surface area contributed by atoms with Crippen LogP contribution in [0.1, 0.15) is 48.6 Å². The van der Waals surface area contributed by atoms with E-state index in [1.807, 2.05) is 42.1 Å². The second-order valence-electron chi connectivity index (χ2n) is 9.78. The monoisotopic (exact) mass is 478 g/mol. The number of hydrogen-bond donors (Lipinski definition) is 2. The van der Waals surface area contributed by atoms with Gasteiger partial charge in [-0.2, -0.15) is 0 Å². The third-order valence-electron chi connectivity index (χ3n) is 7.29. The second-order valence-corrected chi connectivity index (χ2v) is 11.8. The largest absolute Gasteiger partial charge is 0.355 e. The van der Waals surface area contributed by atoms with Crippen molar-refractivity contribution in [2.75, 3.05) is 6.26 Å². The number of H-pyrrole nitrogens is 1. The zero-order valence-electron chi connectivity index (χ0n) is 19.0. The van der Waals surface area contributed by atoms with Crippen LogP contribution in [-0.4, -0.2) is 45.0 Å². The zero-order valence-corrected chi connectivity index (χ0v) is 19.8. The topological polar surface area (TPSA) is 129 Å². The molecule has 1 aromatic carbocycles. The van der Waals surface area contributed by atoms with Crippen LogP contribution in [0.25, 0.3) is 16.6 Å². The molecule has 0 spiro atoms. The maximum Gasteiger partial charge on any atom is 0.279 e. The molecule has 2 saturated carbocycles. The lowest BCUT2D eigenvalue weighted by atomic mass is 9.61. The Labute approximate surface area is 196 Å². The molecule has 3 N–H and O–H groups in total. The molecule has 2 aliphatic carbocycles. The summed E-state index contributed by atoms with van der Waals surface area (Å²) in [5.41, 5.74) is 8.56. The van der Waals surface area contributed by atoms with Gasteiger partial charge in [-0.15, -0.1) is 10.2 Å². The van der Waals surface area contributed by atoms with Crippen molar-refractivity contribution in [3.8, 4) is 5.69 Å². The summed E-state index contributed by atoms with van der Waals surface area (Å²) in [7, 11) is -1.54. The number of fused-ring (bicyclic) bond motifs is 1. The van der Waals surface area contributed by atoms with Crippen molar-refractivity contribution in [1.29, 1.82) is 0 Å². The highest BCUT2D eigenvalue weighted by molar-refractivity contribution is 7.91. The van der Waals surface area contributed by atoms with E-state index in [1.54, 1.807) is 10.9 Å². The van der Waals surface area contributed by atoms with Gasteiger partial charge in [0.05, 0.1) is 10.3 Å². The van der Waals surface area contributed by atoms with Crippen molar-refractivity contribution in [3.63, 3.8) is 0 Å². The van der Waals surface area contributed by atoms with E-state index in [9.17, 15) is 13.2 Å². The molecule has 0 saturated heterocycles. The molecule has 10 heteroatoms. The number of benzene rings is 1. The standard InChI is InChI=1S/C24H26N6O3S/c1-29-13-27-28-23(29)24(9-16(25)10-24)15-4-3-5-17(8-15)30-12-18(14-6-7-14)20-19(34(2,32)33)11-26-21(20)22(30)31/h3-5,8,11-14,16,26H,6-7,9-10,25H2,1-2H3/t16-,24-. The van der Waals surface area contributed by atoms with Crippen LogP contribution in [0, 0.1) is 0 Å². The van der Waals surface area contributed by atoms with E-state index in [2.05, 4.69) is 15.2 Å². The number of nitrogens with zero attached hydrogens (tertiary/aromatic N) is 4. The summed E-state index contributed by atoms with van der Waals surface area (Å²) in [5.74, 6) is 1.11. The van der Waals surface area contributed by atoms with Gasteiger partial charge in [-0.05, 0) is 54.9 Å². The molecule has 9 nitrogen and oxygen atoms in total. The Morgan fingerprint density at radius 3 is 2.62 bits per heavy atom. The molecule has 0 aliphatic heterocycles. The predicted molar refractivity (Wildman–Crippen MR) is 128 cm³/mol. The average molecular weight is 479 g/mol. The minimum Gasteiger partial charge on any atom is -0.355 e. The smallest absolute Gasteiger partial charge is 0.279 e. The average Bonchev–Trinajstić information content (AvgIpc) is 3.35. The molecular weight excluding hydrogens is 452 g/mol. The van der Waals surface area contributed by atoms with Gasteiger partial charge in [0.25, 0.3) is 5.56 Å². The Bertz CT molecular complexity index is 1600. The lowest BCUT2D eigenvalue weighted by Gasteiger charge is -2.45. The predicted octanol–water partition coefficient (Wildman–Crippen LogP) is 2.14. The summed E-state index contributed by atoms with van der Waals surface area (Å²) >= 11 is 0. The van der Waals surface area contributed by atoms with E-state index in [0.717, 1.165) is 48.3 Å². The van der Waals surface area contributed by atoms with Gasteiger partial charge in [-0.25, -0.2) is 8.42 Å². The highest BCUT2D eigenvalue weighted by Crippen LogP contribution is 2.48. The summed E-state index contributed by atoms with van der Waals surface area (Å²) in [5, 5.41) is 8.98. The van der Waals surface area contributed by atoms with E-state index in [-0.39, 0.29) is 27.8 Å². The van der Waals surface area contributed by atoms with E-state index in [0.29, 0.717) is 10.9 Å². The molecule has 3 aromatic heterocycles. The Kier molecular flexibility index (Phi) is 4.47. The molecule has 0 amide bonds. The SMILES string of the molecule is Cn1cnnc1[C@]1(c2cccc(-n3cc(C4CC4)c4c(S(C)(=O)=O)c[nH]c4c3=O)c2)C[C@@H](N)C1. The minimum atomic E-state index is -3.47. The highest BCUT2D eigenvalue weighted by atomic mass is 32.2. The number of pyridine rings is 1. The molecule has 2 fully saturated rings. The van der Waals surface area contributed by atoms with E-state index in [1.165, 1.54) is 12.5 Å². The van der Waals surface area contributed by atoms with Crippen LogP contribution in [0.5, 0.6) is 0 Å². The van der Waals surface area contributed by atoms with Crippen LogP contribution in [0.15, 0.2) is 52.7 Å². The second kappa shape index (κ2) is 7.13. The fourth-order valence-electron chi connectivity index (χ4n) is 5.48. The molecule has 0 unspecified atom stereocenters. The third kappa shape index (κ3) is 3.08. The fraction of sp³-hybridized carbons (Fsp3) is 0.375. The first-order chi connectivity index (χ1) is 16.2. The Morgan fingerprint density at radius 2 is 2.00 bits per heavy atom. The molecule has 34 heavy (non-hydrogen) atoms. The molecule has 0 bridgehead atoms. The van der Waals surface area contributed by atoms with Gasteiger partial charge < -0.3 is 15.3 Å². The summed E-state index contributed by atoms with van der Waals surface area (Å²) in [6, 6.07) is 7.98. The lowest BCUT2D eigenvalue weighted by molar-refractivity contribution is 0.234. The van der Waals surface area contributed by atoms with Gasteiger partial charge in [0.2, 0.25) is 0 Å². The zero-order chi connectivity index (χ0) is 23.8. The maximum absolute atomic E-state index is 13.5. The summed E-state index contributed by atoms with van der Waals surface area (Å²) < 4.78 is 28.3. The van der Waals surface area contributed by atoms with Crippen molar-refractivity contribution in [1.82, 2.24) is 24.3 Å². The van der Waals surface area contributed by atoms with Crippen LogP contribution < -0.4 is 11.3 Å². The summed E-state index contributed by atoms with van der Waals surface area (Å²) in [4.78, 5) is 16.7. The van der Waals surface area contributed by atoms with E-state index in [4.69, 9.17) is 5.73 Å². The quantitative estimate of drug-likeness (QED) is 0.452. The van der Waals surface area contributed by atoms with Crippen LogP contribution in [0.3, 0.4) is 0 Å². The van der Waals surface area contributed by atoms with Crippen molar-refractivity contribution in [2.45, 2.75) is 48.0 Å². The number of rotatable bonds is 5. The number of hydrogen-bond acceptors (Lipinski definition) is 6. The van der Waals surface area contributed by atoms with E-state index >= 15 is 0 Å². The van der Waals surface area contributed by atoms with Crippen molar-refractivity contribution in [2.24, 2.45) is 12.8 Å². The Balaban J connectivity index is 1.55. The Hall–Kier alpha value is -3.24. The number of aromatic nitrogens is 5. The van der Waals surface area contributed by atoms with Crippen LogP contribution in [0.4, 0.5) is 0 Å². The molecule has 3 heterocycles. The number of nitrogens with one attached hydrogen (secondary N) is 1. The van der Waals surface area contributed by atoms with Crippen molar-refractivity contribution < 1.29 is 8.42 Å². The highest BCUT2D eigenvalue weighted by Gasteiger charge is 2.48. The normalized spacial score (nSPS) is 22.7. The van der Waals surface area contributed by atoms with Crippen molar-refractivity contribution in [3.05, 3.63) is 70.3 Å². The first kappa shape index (κ1) is 21.3. The van der Waals surface area contributed by atoms with Crippen LogP contribution in [-0.2, 0) is 22.3 Å². The first-order valence-electron chi connectivity index (χ1n) is 11.4. The number of sulfone groups is 1. The lowest BCUT2D eigenvalue weighted by Crippen LogP contribution is -2.51. The molecule has 176 valence electrons. The Morgan fingerprint density at radius 1 is 1.24 bits per heavy atom.